The van der Waals surface area contributed by atoms with Crippen molar-refractivity contribution in [1.29, 1.82) is 0 Å². The number of hydrogen-bond acceptors (Lipinski definition) is 2. The lowest BCUT2D eigenvalue weighted by molar-refractivity contribution is -0.00307. The van der Waals surface area contributed by atoms with E-state index in [0.717, 1.165) is 38.6 Å². The Labute approximate surface area is 123 Å². The molecule has 0 aliphatic heterocycles. The second-order valence-electron chi connectivity index (χ2n) is 6.63. The van der Waals surface area contributed by atoms with Gasteiger partial charge in [-0.15, -0.1) is 0 Å². The lowest BCUT2D eigenvalue weighted by atomic mass is 9.78. The largest absolute Gasteiger partial charge is 0.390 e. The van der Waals surface area contributed by atoms with Crippen molar-refractivity contribution >= 4 is 0 Å². The van der Waals surface area contributed by atoms with Crippen molar-refractivity contribution in [2.75, 3.05) is 6.54 Å². The summed E-state index contributed by atoms with van der Waals surface area (Å²) in [5.41, 5.74) is 3.37. The SMILES string of the molecule is CCCNC1CCC(O)(Cc2cc(C)cc(C)c2)CC1. The van der Waals surface area contributed by atoms with E-state index in [4.69, 9.17) is 0 Å². The van der Waals surface area contributed by atoms with Gasteiger partial charge in [0.1, 0.15) is 0 Å². The molecule has 0 spiro atoms. The van der Waals surface area contributed by atoms with Crippen LogP contribution in [0.5, 0.6) is 0 Å². The van der Waals surface area contributed by atoms with Gasteiger partial charge in [-0.3, -0.25) is 0 Å². The normalized spacial score (nSPS) is 26.7. The zero-order valence-corrected chi connectivity index (χ0v) is 13.2. The van der Waals surface area contributed by atoms with Gasteiger partial charge >= 0.3 is 0 Å². The summed E-state index contributed by atoms with van der Waals surface area (Å²) < 4.78 is 0. The molecule has 1 aromatic carbocycles. The molecule has 1 aromatic rings. The maximum absolute atomic E-state index is 10.8. The van der Waals surface area contributed by atoms with Gasteiger partial charge in [-0.1, -0.05) is 36.2 Å². The molecule has 20 heavy (non-hydrogen) atoms. The van der Waals surface area contributed by atoms with E-state index in [-0.39, 0.29) is 0 Å². The Morgan fingerprint density at radius 3 is 2.30 bits per heavy atom. The third kappa shape index (κ3) is 4.32. The number of rotatable bonds is 5. The van der Waals surface area contributed by atoms with Crippen molar-refractivity contribution in [3.8, 4) is 0 Å². The number of aliphatic hydroxyl groups is 1. The standard InChI is InChI=1S/C18H29NO/c1-4-9-19-17-5-7-18(20,8-6-17)13-16-11-14(2)10-15(3)12-16/h10-12,17,19-20H,4-9,13H2,1-3H3. The highest BCUT2D eigenvalue weighted by Gasteiger charge is 2.33. The van der Waals surface area contributed by atoms with Crippen molar-refractivity contribution in [2.24, 2.45) is 0 Å². The smallest absolute Gasteiger partial charge is 0.0689 e. The lowest BCUT2D eigenvalue weighted by Gasteiger charge is -2.36. The number of nitrogens with one attached hydrogen (secondary N) is 1. The molecule has 0 atom stereocenters. The van der Waals surface area contributed by atoms with Crippen molar-refractivity contribution in [3.05, 3.63) is 34.9 Å². The van der Waals surface area contributed by atoms with Crippen LogP contribution in [0, 0.1) is 13.8 Å². The van der Waals surface area contributed by atoms with Gasteiger partial charge in [0, 0.05) is 12.5 Å². The van der Waals surface area contributed by atoms with Gasteiger partial charge in [0.05, 0.1) is 5.60 Å². The summed E-state index contributed by atoms with van der Waals surface area (Å²) in [5, 5.41) is 14.4. The Balaban J connectivity index is 1.92. The Bertz CT molecular complexity index is 413. The zero-order valence-electron chi connectivity index (χ0n) is 13.2. The van der Waals surface area contributed by atoms with Gasteiger partial charge < -0.3 is 10.4 Å². The molecule has 2 nitrogen and oxygen atoms in total. The van der Waals surface area contributed by atoms with Gasteiger partial charge in [0.25, 0.3) is 0 Å². The van der Waals surface area contributed by atoms with Crippen LogP contribution in [0.1, 0.15) is 55.7 Å². The second kappa shape index (κ2) is 6.73. The molecule has 1 aliphatic carbocycles. The fourth-order valence-corrected chi connectivity index (χ4v) is 3.44. The van der Waals surface area contributed by atoms with E-state index in [1.807, 2.05) is 0 Å². The summed E-state index contributed by atoms with van der Waals surface area (Å²) in [6, 6.07) is 7.23. The summed E-state index contributed by atoms with van der Waals surface area (Å²) in [6.45, 7) is 7.56. The monoisotopic (exact) mass is 275 g/mol. The molecular formula is C18H29NO. The average molecular weight is 275 g/mol. The molecule has 0 saturated heterocycles. The fourth-order valence-electron chi connectivity index (χ4n) is 3.44. The number of benzene rings is 1. The van der Waals surface area contributed by atoms with Crippen LogP contribution in [0.25, 0.3) is 0 Å². The first-order valence-electron chi connectivity index (χ1n) is 8.04. The first kappa shape index (κ1) is 15.5. The quantitative estimate of drug-likeness (QED) is 0.862. The second-order valence-corrected chi connectivity index (χ2v) is 6.63. The minimum absolute atomic E-state index is 0.495. The minimum Gasteiger partial charge on any atom is -0.390 e. The molecule has 1 aliphatic rings. The van der Waals surface area contributed by atoms with Gasteiger partial charge in [0.15, 0.2) is 0 Å². The molecule has 112 valence electrons. The third-order valence-electron chi connectivity index (χ3n) is 4.41. The number of hydrogen-bond donors (Lipinski definition) is 2. The van der Waals surface area contributed by atoms with Crippen LogP contribution in [0.15, 0.2) is 18.2 Å². The molecule has 1 fully saturated rings. The van der Waals surface area contributed by atoms with Crippen LogP contribution in [0.3, 0.4) is 0 Å². The van der Waals surface area contributed by atoms with Crippen LogP contribution in [0.4, 0.5) is 0 Å². The van der Waals surface area contributed by atoms with Crippen molar-refractivity contribution in [2.45, 2.75) is 70.9 Å². The van der Waals surface area contributed by atoms with E-state index >= 15 is 0 Å². The molecule has 2 heteroatoms. The van der Waals surface area contributed by atoms with Gasteiger partial charge in [-0.25, -0.2) is 0 Å². The number of aryl methyl sites for hydroxylation is 2. The summed E-state index contributed by atoms with van der Waals surface area (Å²) in [5.74, 6) is 0. The summed E-state index contributed by atoms with van der Waals surface area (Å²) in [7, 11) is 0. The molecule has 0 heterocycles. The highest BCUT2D eigenvalue weighted by atomic mass is 16.3. The topological polar surface area (TPSA) is 32.3 Å². The highest BCUT2D eigenvalue weighted by Crippen LogP contribution is 2.32. The van der Waals surface area contributed by atoms with Crippen molar-refractivity contribution in [1.82, 2.24) is 5.32 Å². The van der Waals surface area contributed by atoms with Gasteiger partial charge in [0.2, 0.25) is 0 Å². The maximum Gasteiger partial charge on any atom is 0.0689 e. The molecule has 0 amide bonds. The van der Waals surface area contributed by atoms with Crippen LogP contribution < -0.4 is 5.32 Å². The molecule has 0 radical (unpaired) electrons. The molecule has 0 aromatic heterocycles. The van der Waals surface area contributed by atoms with Gasteiger partial charge in [-0.05, 0) is 58.1 Å². The molecule has 2 N–H and O–H groups in total. The Morgan fingerprint density at radius 1 is 1.15 bits per heavy atom. The summed E-state index contributed by atoms with van der Waals surface area (Å²) in [4.78, 5) is 0. The molecule has 1 saturated carbocycles. The zero-order chi connectivity index (χ0) is 14.6. The minimum atomic E-state index is -0.495. The maximum atomic E-state index is 10.8. The Kier molecular flexibility index (Phi) is 5.22. The van der Waals surface area contributed by atoms with E-state index in [1.165, 1.54) is 23.1 Å². The predicted octanol–water partition coefficient (Wildman–Crippen LogP) is 3.52. The molecule has 0 bridgehead atoms. The molecule has 2 rings (SSSR count). The fraction of sp³-hybridized carbons (Fsp3) is 0.667. The van der Waals surface area contributed by atoms with Crippen LogP contribution >= 0.6 is 0 Å². The average Bonchev–Trinajstić information content (AvgIpc) is 2.36. The first-order valence-corrected chi connectivity index (χ1v) is 8.04. The summed E-state index contributed by atoms with van der Waals surface area (Å²) >= 11 is 0. The highest BCUT2D eigenvalue weighted by molar-refractivity contribution is 5.29. The predicted molar refractivity (Wildman–Crippen MR) is 85.1 cm³/mol. The van der Waals surface area contributed by atoms with E-state index in [2.05, 4.69) is 44.3 Å². The van der Waals surface area contributed by atoms with E-state index in [0.29, 0.717) is 6.04 Å². The van der Waals surface area contributed by atoms with Crippen molar-refractivity contribution < 1.29 is 5.11 Å². The Morgan fingerprint density at radius 2 is 1.75 bits per heavy atom. The van der Waals surface area contributed by atoms with Crippen LogP contribution in [-0.4, -0.2) is 23.3 Å². The van der Waals surface area contributed by atoms with Gasteiger partial charge in [-0.2, -0.15) is 0 Å². The van der Waals surface area contributed by atoms with E-state index in [1.54, 1.807) is 0 Å². The third-order valence-corrected chi connectivity index (χ3v) is 4.41. The first-order chi connectivity index (χ1) is 9.50. The Hall–Kier alpha value is -0.860. The molecular weight excluding hydrogens is 246 g/mol. The van der Waals surface area contributed by atoms with E-state index in [9.17, 15) is 5.11 Å². The lowest BCUT2D eigenvalue weighted by Crippen LogP contribution is -2.42. The van der Waals surface area contributed by atoms with Crippen molar-refractivity contribution in [3.63, 3.8) is 0 Å². The summed E-state index contributed by atoms with van der Waals surface area (Å²) in [6.07, 6.45) is 6.02. The van der Waals surface area contributed by atoms with Crippen LogP contribution in [-0.2, 0) is 6.42 Å². The van der Waals surface area contributed by atoms with E-state index < -0.39 is 5.60 Å². The van der Waals surface area contributed by atoms with Crippen LogP contribution in [0.2, 0.25) is 0 Å². The molecule has 0 unspecified atom stereocenters.